The molecule has 3 saturated carbocycles. The Balaban J connectivity index is 1.25. The molecule has 0 unspecified atom stereocenters. The number of aliphatic hydroxyl groups excluding tert-OH is 1. The van der Waals surface area contributed by atoms with Crippen LogP contribution in [0.15, 0.2) is 42.0 Å². The molecule has 6 rings (SSSR count). The predicted molar refractivity (Wildman–Crippen MR) is 161 cm³/mol. The number of esters is 1. The predicted octanol–water partition coefficient (Wildman–Crippen LogP) is 8.17. The minimum atomic E-state index is -0.212. The van der Waals surface area contributed by atoms with E-state index in [1.165, 1.54) is 42.6 Å². The van der Waals surface area contributed by atoms with Crippen LogP contribution in [0.1, 0.15) is 106 Å². The quantitative estimate of drug-likeness (QED) is 0.216. The van der Waals surface area contributed by atoms with Gasteiger partial charge in [0.25, 0.3) is 0 Å². The zero-order valence-corrected chi connectivity index (χ0v) is 25.5. The van der Waals surface area contributed by atoms with Gasteiger partial charge in [-0.1, -0.05) is 38.5 Å². The van der Waals surface area contributed by atoms with Crippen molar-refractivity contribution in [2.24, 2.45) is 40.4 Å². The summed E-state index contributed by atoms with van der Waals surface area (Å²) in [5, 5.41) is 10.4. The van der Waals surface area contributed by atoms with Crippen molar-refractivity contribution in [2.75, 3.05) is 0 Å². The minimum Gasteiger partial charge on any atom is -0.458 e. The van der Waals surface area contributed by atoms with Crippen LogP contribution in [-0.4, -0.2) is 29.1 Å². The first kappa shape index (κ1) is 28.2. The molecule has 1 N–H and O–H groups in total. The van der Waals surface area contributed by atoms with Crippen LogP contribution in [0.4, 0.5) is 0 Å². The van der Waals surface area contributed by atoms with Crippen molar-refractivity contribution >= 4 is 28.7 Å². The average Bonchev–Trinajstić information content (AvgIpc) is 3.55. The summed E-state index contributed by atoms with van der Waals surface area (Å²) in [4.78, 5) is 27.1. The highest BCUT2D eigenvalue weighted by atomic mass is 32.1. The van der Waals surface area contributed by atoms with Gasteiger partial charge in [0, 0.05) is 16.9 Å². The molecular formula is C35H46O4S. The van der Waals surface area contributed by atoms with E-state index in [-0.39, 0.29) is 40.7 Å². The number of rotatable bonds is 6. The number of allylic oxidation sites excluding steroid dienone is 2. The van der Waals surface area contributed by atoms with E-state index >= 15 is 0 Å². The fraction of sp³-hybridized carbons (Fsp3) is 0.657. The molecule has 1 aromatic heterocycles. The molecule has 1 aliphatic heterocycles. The summed E-state index contributed by atoms with van der Waals surface area (Å²) < 4.78 is 6.22. The molecule has 1 aromatic rings. The molecule has 40 heavy (non-hydrogen) atoms. The molecule has 216 valence electrons. The maximum absolute atomic E-state index is 13.4. The fourth-order valence-electron chi connectivity index (χ4n) is 10.1. The van der Waals surface area contributed by atoms with Gasteiger partial charge in [0.05, 0.1) is 11.0 Å². The molecule has 0 saturated heterocycles. The van der Waals surface area contributed by atoms with E-state index < -0.39 is 0 Å². The van der Waals surface area contributed by atoms with Crippen LogP contribution in [0.3, 0.4) is 0 Å². The number of hydrogen-bond acceptors (Lipinski definition) is 5. The normalized spacial score (nSPS) is 39.9. The van der Waals surface area contributed by atoms with Crippen molar-refractivity contribution in [1.82, 2.24) is 0 Å². The number of ketones is 1. The number of thiophene rings is 1. The van der Waals surface area contributed by atoms with Crippen molar-refractivity contribution in [1.29, 1.82) is 0 Å². The Labute approximate surface area is 244 Å². The van der Waals surface area contributed by atoms with Crippen LogP contribution in [0, 0.1) is 40.4 Å². The van der Waals surface area contributed by atoms with Crippen LogP contribution >= 0.6 is 11.3 Å². The maximum Gasteiger partial charge on any atom is 0.334 e. The number of aliphatic hydroxyl groups is 1. The Morgan fingerprint density at radius 2 is 1.98 bits per heavy atom. The smallest absolute Gasteiger partial charge is 0.334 e. The third kappa shape index (κ3) is 4.42. The lowest BCUT2D eigenvalue weighted by atomic mass is 9.47. The first-order valence-electron chi connectivity index (χ1n) is 15.6. The van der Waals surface area contributed by atoms with Crippen LogP contribution in [0.25, 0.3) is 5.57 Å². The third-order valence-electron chi connectivity index (χ3n) is 12.2. The van der Waals surface area contributed by atoms with E-state index in [4.69, 9.17) is 4.74 Å². The van der Waals surface area contributed by atoms with Gasteiger partial charge in [-0.2, -0.15) is 0 Å². The van der Waals surface area contributed by atoms with E-state index in [0.29, 0.717) is 30.3 Å². The first-order chi connectivity index (χ1) is 19.1. The number of Topliss-reactive ketones (excluding diaryl/α,β-unsaturated/α-hetero) is 1. The lowest BCUT2D eigenvalue weighted by molar-refractivity contribution is -0.151. The lowest BCUT2D eigenvalue weighted by Gasteiger charge is -2.58. The molecule has 3 fully saturated rings. The third-order valence-corrected chi connectivity index (χ3v) is 13.5. The maximum atomic E-state index is 13.4. The Kier molecular flexibility index (Phi) is 7.31. The zero-order valence-electron chi connectivity index (χ0n) is 24.7. The van der Waals surface area contributed by atoms with E-state index in [9.17, 15) is 14.7 Å². The standard InChI is InChI=1S/C35H46O4S/c1-6-7-24-26(32-13-12-31(40-32)21(3)36)19-30(39-33(24)38)20(2)27-10-11-28-25-9-8-22-18-23(37)14-16-34(22,4)29(25)15-17-35(27,28)5/h6,8,12-13,20,23,25,27-30,37H,1,7,9-11,14-19H2,2-5H3/t20-,23-,25-,27+,28-,29-,30+,34-,35+/m0/s1. The van der Waals surface area contributed by atoms with Crippen molar-refractivity contribution in [3.63, 3.8) is 0 Å². The fourth-order valence-corrected chi connectivity index (χ4v) is 11.1. The molecule has 2 heterocycles. The van der Waals surface area contributed by atoms with Crippen molar-refractivity contribution in [3.05, 3.63) is 51.8 Å². The Hall–Kier alpha value is -1.98. The van der Waals surface area contributed by atoms with Crippen molar-refractivity contribution < 1.29 is 19.4 Å². The molecule has 0 bridgehead atoms. The molecule has 0 amide bonds. The molecular weight excluding hydrogens is 516 g/mol. The van der Waals surface area contributed by atoms with E-state index in [2.05, 4.69) is 33.4 Å². The SMILES string of the molecule is C=CCC1=C(c2ccc(C(C)=O)s2)C[C@H]([C@@H](C)[C@H]2CC[C@H]3[C@@H]4CC=C5C[C@@H](O)CC[C@]5(C)[C@H]4CC[C@]23C)OC1=O. The van der Waals surface area contributed by atoms with Crippen LogP contribution < -0.4 is 0 Å². The van der Waals surface area contributed by atoms with Gasteiger partial charge < -0.3 is 9.84 Å². The van der Waals surface area contributed by atoms with Crippen molar-refractivity contribution in [2.45, 2.75) is 104 Å². The highest BCUT2D eigenvalue weighted by molar-refractivity contribution is 7.15. The second-order valence-electron chi connectivity index (χ2n) is 14.1. The summed E-state index contributed by atoms with van der Waals surface area (Å²) in [6.07, 6.45) is 14.3. The Morgan fingerprint density at radius 1 is 1.18 bits per heavy atom. The number of carbonyl (C=O) groups is 2. The molecule has 4 aliphatic carbocycles. The summed E-state index contributed by atoms with van der Waals surface area (Å²) in [6, 6.07) is 3.89. The Morgan fingerprint density at radius 3 is 2.70 bits per heavy atom. The second kappa shape index (κ2) is 10.4. The number of hydrogen-bond donors (Lipinski definition) is 1. The van der Waals surface area contributed by atoms with Crippen LogP contribution in [0.2, 0.25) is 0 Å². The molecule has 4 nitrogen and oxygen atoms in total. The molecule has 0 radical (unpaired) electrons. The molecule has 9 atom stereocenters. The summed E-state index contributed by atoms with van der Waals surface area (Å²) in [5.41, 5.74) is 3.80. The second-order valence-corrected chi connectivity index (χ2v) is 15.1. The van der Waals surface area contributed by atoms with Gasteiger partial charge in [-0.25, -0.2) is 4.79 Å². The topological polar surface area (TPSA) is 63.6 Å². The molecule has 5 heteroatoms. The molecule has 0 spiro atoms. The largest absolute Gasteiger partial charge is 0.458 e. The van der Waals surface area contributed by atoms with Gasteiger partial charge in [0.1, 0.15) is 6.10 Å². The summed E-state index contributed by atoms with van der Waals surface area (Å²) in [5.74, 6) is 2.82. The number of ether oxygens (including phenoxy) is 1. The summed E-state index contributed by atoms with van der Waals surface area (Å²) in [6.45, 7) is 12.9. The van der Waals surface area contributed by atoms with Gasteiger partial charge in [0.15, 0.2) is 5.78 Å². The van der Waals surface area contributed by atoms with Crippen LogP contribution in [-0.2, 0) is 9.53 Å². The van der Waals surface area contributed by atoms with Gasteiger partial charge in [-0.3, -0.25) is 4.79 Å². The van der Waals surface area contributed by atoms with Crippen LogP contribution in [0.5, 0.6) is 0 Å². The monoisotopic (exact) mass is 562 g/mol. The molecule has 5 aliphatic rings. The number of cyclic esters (lactones) is 1. The lowest BCUT2D eigenvalue weighted by Crippen LogP contribution is -2.51. The van der Waals surface area contributed by atoms with Crippen molar-refractivity contribution in [3.8, 4) is 0 Å². The number of carbonyl (C=O) groups excluding carboxylic acids is 2. The van der Waals surface area contributed by atoms with Gasteiger partial charge in [-0.15, -0.1) is 17.9 Å². The first-order valence-corrected chi connectivity index (χ1v) is 16.4. The van der Waals surface area contributed by atoms with E-state index in [1.54, 1.807) is 13.0 Å². The zero-order chi connectivity index (χ0) is 28.4. The highest BCUT2D eigenvalue weighted by Crippen LogP contribution is 2.67. The summed E-state index contributed by atoms with van der Waals surface area (Å²) in [7, 11) is 0. The average molecular weight is 563 g/mol. The van der Waals surface area contributed by atoms with Gasteiger partial charge in [0.2, 0.25) is 0 Å². The Bertz CT molecular complexity index is 1270. The number of fused-ring (bicyclic) bond motifs is 5. The van der Waals surface area contributed by atoms with Gasteiger partial charge >= 0.3 is 5.97 Å². The minimum absolute atomic E-state index is 0.0638. The highest BCUT2D eigenvalue weighted by Gasteiger charge is 2.60. The molecule has 0 aromatic carbocycles. The van der Waals surface area contributed by atoms with E-state index in [0.717, 1.165) is 52.8 Å². The van der Waals surface area contributed by atoms with Gasteiger partial charge in [-0.05, 0) is 123 Å². The van der Waals surface area contributed by atoms with E-state index in [1.807, 2.05) is 12.1 Å². The summed E-state index contributed by atoms with van der Waals surface area (Å²) >= 11 is 1.49.